The molecule has 4 aromatic rings. The summed E-state index contributed by atoms with van der Waals surface area (Å²) in [4.78, 5) is 19.1. The molecule has 0 radical (unpaired) electrons. The third kappa shape index (κ3) is 4.70. The van der Waals surface area contributed by atoms with Crippen LogP contribution in [0.25, 0.3) is 22.4 Å². The Balaban J connectivity index is 1.72. The molecule has 0 aliphatic carbocycles. The minimum absolute atomic E-state index is 0.223. The number of hydrogen-bond donors (Lipinski definition) is 3. The third-order valence-corrected chi connectivity index (χ3v) is 5.24. The van der Waals surface area contributed by atoms with Crippen molar-refractivity contribution in [1.82, 2.24) is 24.8 Å². The van der Waals surface area contributed by atoms with Crippen molar-refractivity contribution in [3.05, 3.63) is 60.3 Å². The van der Waals surface area contributed by atoms with E-state index in [4.69, 9.17) is 4.98 Å². The number of benzene rings is 1. The summed E-state index contributed by atoms with van der Waals surface area (Å²) in [5.74, 6) is 1.20. The smallest absolute Gasteiger partial charge is 0.161 e. The van der Waals surface area contributed by atoms with E-state index in [9.17, 15) is 4.39 Å². The van der Waals surface area contributed by atoms with Gasteiger partial charge in [-0.2, -0.15) is 0 Å². The summed E-state index contributed by atoms with van der Waals surface area (Å²) in [6.07, 6.45) is 5.54. The third-order valence-electron chi connectivity index (χ3n) is 5.24. The van der Waals surface area contributed by atoms with Crippen molar-refractivity contribution in [2.45, 2.75) is 19.8 Å². The number of nitrogens with zero attached hydrogens (tertiary/aromatic N) is 4. The number of fused-ring (bicyclic) bond motifs is 1. The summed E-state index contributed by atoms with van der Waals surface area (Å²) in [7, 11) is 4.10. The minimum Gasteiger partial charge on any atom is -0.382 e. The van der Waals surface area contributed by atoms with Crippen molar-refractivity contribution in [1.29, 1.82) is 0 Å². The zero-order chi connectivity index (χ0) is 22.7. The Morgan fingerprint density at radius 1 is 1.06 bits per heavy atom. The van der Waals surface area contributed by atoms with Crippen LogP contribution >= 0.6 is 0 Å². The Hall–Kier alpha value is -3.52. The number of anilines is 3. The lowest BCUT2D eigenvalue weighted by Gasteiger charge is -2.16. The molecule has 0 spiro atoms. The Morgan fingerprint density at radius 2 is 1.84 bits per heavy atom. The molecule has 0 aliphatic rings. The van der Waals surface area contributed by atoms with Crippen molar-refractivity contribution in [3.63, 3.8) is 0 Å². The highest BCUT2D eigenvalue weighted by atomic mass is 19.1. The molecule has 0 atom stereocenters. The zero-order valence-electron chi connectivity index (χ0n) is 18.8. The lowest BCUT2D eigenvalue weighted by Crippen LogP contribution is -2.20. The first-order valence-corrected chi connectivity index (χ1v) is 10.7. The molecule has 3 N–H and O–H groups in total. The summed E-state index contributed by atoms with van der Waals surface area (Å²) in [6, 6.07) is 8.15. The molecule has 0 unspecified atom stereocenters. The van der Waals surface area contributed by atoms with E-state index in [1.165, 1.54) is 12.1 Å². The van der Waals surface area contributed by atoms with E-state index in [0.29, 0.717) is 5.82 Å². The lowest BCUT2D eigenvalue weighted by atomic mass is 10.1. The number of nitrogens with one attached hydrogen (secondary N) is 3. The fraction of sp³-hybridized carbons (Fsp3) is 0.292. The largest absolute Gasteiger partial charge is 0.382 e. The van der Waals surface area contributed by atoms with Gasteiger partial charge in [0.15, 0.2) is 5.82 Å². The van der Waals surface area contributed by atoms with E-state index in [2.05, 4.69) is 44.3 Å². The first-order chi connectivity index (χ1) is 15.4. The Bertz CT molecular complexity index is 1200. The molecule has 0 saturated carbocycles. The molecule has 7 nitrogen and oxygen atoms in total. The second kappa shape index (κ2) is 9.32. The standard InChI is InChI=1S/C24H28FN7/c1-15(2)18-13-28-22(16-5-7-17(25)8-6-16)31-23(18)30-19-9-10-27-24-21(19)20(14-29-24)26-11-12-32(3)4/h5-10,13-15,26H,11-12H2,1-4H3,(H2,27,28,29,30,31). The molecule has 0 bridgehead atoms. The Labute approximate surface area is 187 Å². The van der Waals surface area contributed by atoms with E-state index >= 15 is 0 Å². The molecular weight excluding hydrogens is 405 g/mol. The van der Waals surface area contributed by atoms with Crippen LogP contribution in [0.3, 0.4) is 0 Å². The van der Waals surface area contributed by atoms with Gasteiger partial charge in [-0.1, -0.05) is 13.8 Å². The molecule has 0 aliphatic heterocycles. The number of H-pyrrole nitrogens is 1. The van der Waals surface area contributed by atoms with Gasteiger partial charge in [0.25, 0.3) is 0 Å². The SMILES string of the molecule is CC(C)c1cnc(-c2ccc(F)cc2)nc1Nc1ccnc2[nH]cc(NCCN(C)C)c12. The first-order valence-electron chi connectivity index (χ1n) is 10.7. The van der Waals surface area contributed by atoms with E-state index in [1.807, 2.05) is 32.6 Å². The molecule has 0 saturated heterocycles. The fourth-order valence-corrected chi connectivity index (χ4v) is 3.49. The van der Waals surface area contributed by atoms with Gasteiger partial charge in [0.05, 0.1) is 16.8 Å². The Kier molecular flexibility index (Phi) is 6.32. The predicted octanol–water partition coefficient (Wildman–Crippen LogP) is 5.00. The van der Waals surface area contributed by atoms with Gasteiger partial charge in [-0.15, -0.1) is 0 Å². The number of pyridine rings is 1. The van der Waals surface area contributed by atoms with Crippen molar-refractivity contribution in [2.75, 3.05) is 37.8 Å². The van der Waals surface area contributed by atoms with Gasteiger partial charge >= 0.3 is 0 Å². The molecular formula is C24H28FN7. The number of likely N-dealkylation sites (N-methyl/N-ethyl adjacent to an activating group) is 1. The van der Waals surface area contributed by atoms with Gasteiger partial charge < -0.3 is 20.5 Å². The molecule has 0 fully saturated rings. The Morgan fingerprint density at radius 3 is 2.56 bits per heavy atom. The normalized spacial score (nSPS) is 11.5. The molecule has 8 heteroatoms. The van der Waals surface area contributed by atoms with E-state index in [0.717, 1.165) is 52.4 Å². The van der Waals surface area contributed by atoms with Crippen molar-refractivity contribution in [2.24, 2.45) is 0 Å². The van der Waals surface area contributed by atoms with Crippen LogP contribution in [0.15, 0.2) is 48.9 Å². The van der Waals surface area contributed by atoms with Crippen molar-refractivity contribution in [3.8, 4) is 11.4 Å². The maximum absolute atomic E-state index is 13.4. The van der Waals surface area contributed by atoms with Gasteiger partial charge in [-0.05, 0) is 50.3 Å². The maximum atomic E-state index is 13.4. The van der Waals surface area contributed by atoms with Crippen LogP contribution in [0.2, 0.25) is 0 Å². The lowest BCUT2D eigenvalue weighted by molar-refractivity contribution is 0.425. The molecule has 166 valence electrons. The number of halogens is 1. The van der Waals surface area contributed by atoms with Gasteiger partial charge in [-0.25, -0.2) is 19.3 Å². The zero-order valence-corrected chi connectivity index (χ0v) is 18.8. The van der Waals surface area contributed by atoms with Gasteiger partial charge in [0.1, 0.15) is 17.3 Å². The number of aromatic nitrogens is 4. The average molecular weight is 434 g/mol. The number of aromatic amines is 1. The van der Waals surface area contributed by atoms with Crippen LogP contribution in [0, 0.1) is 5.82 Å². The monoisotopic (exact) mass is 433 g/mol. The maximum Gasteiger partial charge on any atom is 0.161 e. The van der Waals surface area contributed by atoms with Crippen LogP contribution < -0.4 is 10.6 Å². The molecule has 4 rings (SSSR count). The van der Waals surface area contributed by atoms with Crippen LogP contribution in [0.4, 0.5) is 21.6 Å². The van der Waals surface area contributed by atoms with Gasteiger partial charge in [-0.3, -0.25) is 0 Å². The predicted molar refractivity (Wildman–Crippen MR) is 128 cm³/mol. The summed E-state index contributed by atoms with van der Waals surface area (Å²) < 4.78 is 13.4. The highest BCUT2D eigenvalue weighted by Gasteiger charge is 2.15. The topological polar surface area (TPSA) is 81.8 Å². The number of hydrogen-bond acceptors (Lipinski definition) is 6. The van der Waals surface area contributed by atoms with Gasteiger partial charge in [0, 0.05) is 42.8 Å². The molecule has 1 aromatic carbocycles. The van der Waals surface area contributed by atoms with Crippen LogP contribution in [0.1, 0.15) is 25.3 Å². The quantitative estimate of drug-likeness (QED) is 0.363. The van der Waals surface area contributed by atoms with Crippen LogP contribution in [-0.2, 0) is 0 Å². The highest BCUT2D eigenvalue weighted by molar-refractivity contribution is 6.01. The van der Waals surface area contributed by atoms with E-state index in [-0.39, 0.29) is 11.7 Å². The molecule has 3 heterocycles. The first kappa shape index (κ1) is 21.7. The summed E-state index contributed by atoms with van der Waals surface area (Å²) in [6.45, 7) is 5.94. The van der Waals surface area contributed by atoms with Crippen molar-refractivity contribution >= 4 is 28.2 Å². The average Bonchev–Trinajstić information content (AvgIpc) is 3.18. The molecule has 0 amide bonds. The van der Waals surface area contributed by atoms with Crippen LogP contribution in [0.5, 0.6) is 0 Å². The van der Waals surface area contributed by atoms with E-state index in [1.54, 1.807) is 18.3 Å². The number of rotatable bonds is 8. The summed E-state index contributed by atoms with van der Waals surface area (Å²) in [5, 5.41) is 7.97. The molecule has 3 aromatic heterocycles. The van der Waals surface area contributed by atoms with Gasteiger partial charge in [0.2, 0.25) is 0 Å². The molecule has 32 heavy (non-hydrogen) atoms. The second-order valence-electron chi connectivity index (χ2n) is 8.30. The fourth-order valence-electron chi connectivity index (χ4n) is 3.49. The van der Waals surface area contributed by atoms with Crippen LogP contribution in [-0.4, -0.2) is 52.0 Å². The van der Waals surface area contributed by atoms with Crippen molar-refractivity contribution < 1.29 is 4.39 Å². The second-order valence-corrected chi connectivity index (χ2v) is 8.30. The van der Waals surface area contributed by atoms with E-state index < -0.39 is 0 Å². The summed E-state index contributed by atoms with van der Waals surface area (Å²) >= 11 is 0. The minimum atomic E-state index is -0.285. The summed E-state index contributed by atoms with van der Waals surface area (Å²) in [5.41, 5.74) is 4.43. The highest BCUT2D eigenvalue weighted by Crippen LogP contribution is 2.33.